The zero-order valence-electron chi connectivity index (χ0n) is 17.1. The minimum atomic E-state index is -0.458. The fourth-order valence-corrected chi connectivity index (χ4v) is 5.41. The van der Waals surface area contributed by atoms with Crippen molar-refractivity contribution in [3.05, 3.63) is 64.9 Å². The number of likely N-dealkylation sites (N-methyl/N-ethyl adjacent to an activating group) is 1. The Morgan fingerprint density at radius 2 is 1.97 bits per heavy atom. The van der Waals surface area contributed by atoms with Gasteiger partial charge >= 0.3 is 0 Å². The first-order chi connectivity index (χ1) is 14.4. The quantitative estimate of drug-likeness (QED) is 0.690. The summed E-state index contributed by atoms with van der Waals surface area (Å²) < 4.78 is 33.5. The van der Waals surface area contributed by atoms with Crippen molar-refractivity contribution in [2.45, 2.75) is 18.0 Å². The molecule has 3 heterocycles. The largest absolute Gasteiger partial charge is 0.497 e. The number of methoxy groups -OCH3 is 1. The Morgan fingerprint density at radius 1 is 1.17 bits per heavy atom. The maximum Gasteiger partial charge on any atom is 0.127 e. The number of rotatable bonds is 4. The zero-order chi connectivity index (χ0) is 21.0. The van der Waals surface area contributed by atoms with Gasteiger partial charge < -0.3 is 19.7 Å². The third kappa shape index (κ3) is 2.92. The summed E-state index contributed by atoms with van der Waals surface area (Å²) in [6.45, 7) is 2.54. The molecule has 3 aromatic rings. The lowest BCUT2D eigenvalue weighted by molar-refractivity contribution is 0.00375. The lowest BCUT2D eigenvalue weighted by Crippen LogP contribution is -2.65. The maximum atomic E-state index is 14.4. The normalized spacial score (nSPS) is 21.0. The molecule has 2 aromatic carbocycles. The van der Waals surface area contributed by atoms with Gasteiger partial charge in [0.25, 0.3) is 0 Å². The van der Waals surface area contributed by atoms with Gasteiger partial charge in [-0.1, -0.05) is 0 Å². The first-order valence-electron chi connectivity index (χ1n) is 10.1. The number of aliphatic hydroxyl groups is 1. The van der Waals surface area contributed by atoms with Crippen molar-refractivity contribution in [2.24, 2.45) is 0 Å². The molecule has 0 bridgehead atoms. The summed E-state index contributed by atoms with van der Waals surface area (Å²) in [5.41, 5.74) is 3.33. The van der Waals surface area contributed by atoms with Crippen LogP contribution in [0.4, 0.5) is 8.78 Å². The molecule has 1 aromatic heterocycles. The van der Waals surface area contributed by atoms with E-state index in [0.717, 1.165) is 47.6 Å². The molecule has 2 aliphatic heterocycles. The standard InChI is InChI=1S/C23H25F2N3O2/c1-27-11-23(12-27)13-28(9-14-7-15(24)3-6-18(14)25)20(10-29)22-21(23)17-5-4-16(30-2)8-19(17)26-22/h3-8,20,26,29H,9-13H2,1-2H3/t20-/m1/s1. The van der Waals surface area contributed by atoms with Crippen molar-refractivity contribution in [3.8, 4) is 5.75 Å². The van der Waals surface area contributed by atoms with E-state index in [0.29, 0.717) is 12.1 Å². The minimum absolute atomic E-state index is 0.111. The smallest absolute Gasteiger partial charge is 0.127 e. The molecule has 1 atom stereocenters. The summed E-state index contributed by atoms with van der Waals surface area (Å²) in [6, 6.07) is 9.20. The summed E-state index contributed by atoms with van der Waals surface area (Å²) in [6.07, 6.45) is 0. The van der Waals surface area contributed by atoms with Gasteiger partial charge in [0, 0.05) is 59.8 Å². The van der Waals surface area contributed by atoms with Crippen LogP contribution in [-0.4, -0.2) is 60.3 Å². The molecule has 0 amide bonds. The molecular weight excluding hydrogens is 388 g/mol. The van der Waals surface area contributed by atoms with Crippen molar-refractivity contribution in [1.29, 1.82) is 0 Å². The van der Waals surface area contributed by atoms with Gasteiger partial charge in [0.15, 0.2) is 0 Å². The second kappa shape index (κ2) is 7.04. The number of benzene rings is 2. The Kier molecular flexibility index (Phi) is 4.57. The number of halogens is 2. The van der Waals surface area contributed by atoms with E-state index in [1.54, 1.807) is 7.11 Å². The SMILES string of the molecule is COc1ccc2c3c([nH]c2c1)[C@@H](CO)N(Cc1cc(F)ccc1F)CC31CN(C)C1. The predicted molar refractivity (Wildman–Crippen MR) is 111 cm³/mol. The number of aliphatic hydroxyl groups excluding tert-OH is 1. The van der Waals surface area contributed by atoms with Crippen LogP contribution in [-0.2, 0) is 12.0 Å². The van der Waals surface area contributed by atoms with Gasteiger partial charge in [-0.2, -0.15) is 0 Å². The number of aromatic nitrogens is 1. The Bertz CT molecular complexity index is 1110. The topological polar surface area (TPSA) is 51.7 Å². The van der Waals surface area contributed by atoms with E-state index in [4.69, 9.17) is 4.74 Å². The molecule has 2 N–H and O–H groups in total. The molecule has 5 rings (SSSR count). The molecule has 0 saturated carbocycles. The van der Waals surface area contributed by atoms with Gasteiger partial charge in [0.05, 0.1) is 19.8 Å². The van der Waals surface area contributed by atoms with Crippen LogP contribution in [0.3, 0.4) is 0 Å². The molecule has 158 valence electrons. The highest BCUT2D eigenvalue weighted by Crippen LogP contribution is 2.48. The van der Waals surface area contributed by atoms with Crippen molar-refractivity contribution in [1.82, 2.24) is 14.8 Å². The fourth-order valence-electron chi connectivity index (χ4n) is 5.41. The van der Waals surface area contributed by atoms with Gasteiger partial charge in [0.2, 0.25) is 0 Å². The molecule has 0 radical (unpaired) electrons. The van der Waals surface area contributed by atoms with E-state index in [-0.39, 0.29) is 24.6 Å². The summed E-state index contributed by atoms with van der Waals surface area (Å²) in [7, 11) is 3.72. The molecule has 0 aliphatic carbocycles. The number of ether oxygens (including phenoxy) is 1. The van der Waals surface area contributed by atoms with E-state index in [1.165, 1.54) is 11.6 Å². The summed E-state index contributed by atoms with van der Waals surface area (Å²) in [4.78, 5) is 7.83. The van der Waals surface area contributed by atoms with Crippen LogP contribution in [0.15, 0.2) is 36.4 Å². The van der Waals surface area contributed by atoms with Crippen LogP contribution in [0.5, 0.6) is 5.75 Å². The van der Waals surface area contributed by atoms with Crippen molar-refractivity contribution in [3.63, 3.8) is 0 Å². The number of nitrogens with one attached hydrogen (secondary N) is 1. The van der Waals surface area contributed by atoms with Crippen molar-refractivity contribution < 1.29 is 18.6 Å². The Balaban J connectivity index is 1.62. The average molecular weight is 413 g/mol. The van der Waals surface area contributed by atoms with Crippen molar-refractivity contribution in [2.75, 3.05) is 40.4 Å². The lowest BCUT2D eigenvalue weighted by atomic mass is 9.69. The van der Waals surface area contributed by atoms with E-state index >= 15 is 0 Å². The number of nitrogens with zero attached hydrogens (tertiary/aromatic N) is 2. The predicted octanol–water partition coefficient (Wildman–Crippen LogP) is 3.19. The fraction of sp³-hybridized carbons (Fsp3) is 0.391. The van der Waals surface area contributed by atoms with Crippen LogP contribution in [0.2, 0.25) is 0 Å². The highest BCUT2D eigenvalue weighted by Gasteiger charge is 2.51. The first-order valence-corrected chi connectivity index (χ1v) is 10.1. The van der Waals surface area contributed by atoms with E-state index < -0.39 is 11.6 Å². The van der Waals surface area contributed by atoms with Gasteiger partial charge in [-0.3, -0.25) is 4.90 Å². The van der Waals surface area contributed by atoms with Gasteiger partial charge in [-0.25, -0.2) is 8.78 Å². The highest BCUT2D eigenvalue weighted by molar-refractivity contribution is 5.88. The molecule has 30 heavy (non-hydrogen) atoms. The number of H-pyrrole nitrogens is 1. The zero-order valence-corrected chi connectivity index (χ0v) is 17.1. The number of aromatic amines is 1. The first kappa shape index (κ1) is 19.5. The molecule has 1 spiro atoms. The number of hydrogen-bond donors (Lipinski definition) is 2. The molecular formula is C23H25F2N3O2. The second-order valence-corrected chi connectivity index (χ2v) is 8.62. The van der Waals surface area contributed by atoms with Crippen LogP contribution in [0.1, 0.15) is 22.9 Å². The third-order valence-corrected chi connectivity index (χ3v) is 6.54. The van der Waals surface area contributed by atoms with Crippen LogP contribution in [0, 0.1) is 11.6 Å². The van der Waals surface area contributed by atoms with E-state index in [9.17, 15) is 13.9 Å². The summed E-state index contributed by atoms with van der Waals surface area (Å²) in [5.74, 6) is -0.124. The Hall–Kier alpha value is -2.48. The Morgan fingerprint density at radius 3 is 2.67 bits per heavy atom. The average Bonchev–Trinajstić information content (AvgIpc) is 3.08. The molecule has 1 fully saturated rings. The molecule has 2 aliphatic rings. The van der Waals surface area contributed by atoms with Crippen molar-refractivity contribution >= 4 is 10.9 Å². The third-order valence-electron chi connectivity index (χ3n) is 6.54. The van der Waals surface area contributed by atoms with Gasteiger partial charge in [-0.05, 0) is 42.9 Å². The molecule has 0 unspecified atom stereocenters. The van der Waals surface area contributed by atoms with Crippen LogP contribution < -0.4 is 4.74 Å². The minimum Gasteiger partial charge on any atom is -0.497 e. The van der Waals surface area contributed by atoms with Gasteiger partial charge in [-0.15, -0.1) is 0 Å². The summed E-state index contributed by atoms with van der Waals surface area (Å²) in [5, 5.41) is 11.4. The number of likely N-dealkylation sites (tertiary alicyclic amines) is 1. The highest BCUT2D eigenvalue weighted by atomic mass is 19.1. The molecule has 7 heteroatoms. The lowest BCUT2D eigenvalue weighted by Gasteiger charge is -2.55. The monoisotopic (exact) mass is 413 g/mol. The molecule has 5 nitrogen and oxygen atoms in total. The summed E-state index contributed by atoms with van der Waals surface area (Å²) >= 11 is 0. The number of fused-ring (bicyclic) bond motifs is 4. The van der Waals surface area contributed by atoms with E-state index in [2.05, 4.69) is 27.9 Å². The maximum absolute atomic E-state index is 14.4. The van der Waals surface area contributed by atoms with Gasteiger partial charge in [0.1, 0.15) is 17.4 Å². The molecule has 1 saturated heterocycles. The van der Waals surface area contributed by atoms with Crippen LogP contribution >= 0.6 is 0 Å². The number of hydrogen-bond acceptors (Lipinski definition) is 4. The van der Waals surface area contributed by atoms with Crippen LogP contribution in [0.25, 0.3) is 10.9 Å². The Labute approximate surface area is 173 Å². The second-order valence-electron chi connectivity index (χ2n) is 8.62. The van der Waals surface area contributed by atoms with E-state index in [1.807, 2.05) is 12.1 Å².